The first-order valence-corrected chi connectivity index (χ1v) is 8.79. The number of aromatic nitrogens is 3. The Morgan fingerprint density at radius 2 is 1.96 bits per heavy atom. The highest BCUT2D eigenvalue weighted by Gasteiger charge is 2.01. The molecule has 0 radical (unpaired) electrons. The number of pyridine rings is 1. The van der Waals surface area contributed by atoms with E-state index in [9.17, 15) is 0 Å². The van der Waals surface area contributed by atoms with Gasteiger partial charge >= 0.3 is 0 Å². The Morgan fingerprint density at radius 1 is 1.07 bits per heavy atom. The highest BCUT2D eigenvalue weighted by molar-refractivity contribution is 14.0. The average molecular weight is 476 g/mol. The monoisotopic (exact) mass is 476 g/mol. The van der Waals surface area contributed by atoms with E-state index in [2.05, 4.69) is 61.4 Å². The van der Waals surface area contributed by atoms with E-state index in [0.717, 1.165) is 24.7 Å². The van der Waals surface area contributed by atoms with Crippen LogP contribution in [0.1, 0.15) is 23.7 Å². The summed E-state index contributed by atoms with van der Waals surface area (Å²) in [7, 11) is 0. The molecule has 0 amide bonds. The number of aliphatic imine (C=N–C) groups is 1. The number of halogens is 1. The van der Waals surface area contributed by atoms with E-state index in [4.69, 9.17) is 0 Å². The number of guanidine groups is 1. The molecule has 1 aromatic carbocycles. The maximum absolute atomic E-state index is 4.68. The lowest BCUT2D eigenvalue weighted by Crippen LogP contribution is -2.37. The molecule has 0 aliphatic rings. The summed E-state index contributed by atoms with van der Waals surface area (Å²) in [6.07, 6.45) is 7.39. The summed E-state index contributed by atoms with van der Waals surface area (Å²) < 4.78 is 2.06. The van der Waals surface area contributed by atoms with Gasteiger partial charge in [0.25, 0.3) is 0 Å². The van der Waals surface area contributed by atoms with Crippen LogP contribution < -0.4 is 10.6 Å². The standard InChI is InChI=1S/C20H24N6.HI/c1-2-22-20(25-14-19-8-3-4-9-23-19)24-13-17-6-5-7-18(12-17)15-26-11-10-21-16-26;/h3-12,16H,2,13-15H2,1H3,(H2,22,24,25);1H. The van der Waals surface area contributed by atoms with Gasteiger partial charge in [0.15, 0.2) is 5.96 Å². The van der Waals surface area contributed by atoms with E-state index < -0.39 is 0 Å². The summed E-state index contributed by atoms with van der Waals surface area (Å²) in [6, 6.07) is 14.4. The second-order valence-electron chi connectivity index (χ2n) is 5.92. The lowest BCUT2D eigenvalue weighted by Gasteiger charge is -2.11. The van der Waals surface area contributed by atoms with Crippen molar-refractivity contribution in [3.8, 4) is 0 Å². The molecule has 2 aromatic heterocycles. The van der Waals surface area contributed by atoms with Crippen molar-refractivity contribution < 1.29 is 0 Å². The molecule has 0 spiro atoms. The number of benzene rings is 1. The van der Waals surface area contributed by atoms with Crippen molar-refractivity contribution in [2.24, 2.45) is 4.99 Å². The van der Waals surface area contributed by atoms with Gasteiger partial charge in [-0.25, -0.2) is 9.98 Å². The second-order valence-corrected chi connectivity index (χ2v) is 5.92. The smallest absolute Gasteiger partial charge is 0.191 e. The van der Waals surface area contributed by atoms with Crippen LogP contribution in [0.15, 0.2) is 72.4 Å². The minimum atomic E-state index is 0. The molecule has 0 saturated heterocycles. The lowest BCUT2D eigenvalue weighted by atomic mass is 10.1. The molecule has 27 heavy (non-hydrogen) atoms. The van der Waals surface area contributed by atoms with Gasteiger partial charge in [-0.3, -0.25) is 4.98 Å². The number of rotatable bonds is 7. The first kappa shape index (κ1) is 20.9. The summed E-state index contributed by atoms with van der Waals surface area (Å²) in [6.45, 7) is 4.95. The van der Waals surface area contributed by atoms with Crippen LogP contribution in [0.2, 0.25) is 0 Å². The van der Waals surface area contributed by atoms with Crippen molar-refractivity contribution in [1.82, 2.24) is 25.2 Å². The Hall–Kier alpha value is -2.42. The van der Waals surface area contributed by atoms with E-state index in [1.165, 1.54) is 11.1 Å². The molecule has 0 bridgehead atoms. The van der Waals surface area contributed by atoms with E-state index >= 15 is 0 Å². The topological polar surface area (TPSA) is 67.1 Å². The Labute approximate surface area is 177 Å². The fourth-order valence-corrected chi connectivity index (χ4v) is 2.61. The number of imidazole rings is 1. The van der Waals surface area contributed by atoms with Crippen LogP contribution in [-0.4, -0.2) is 27.0 Å². The molecule has 2 N–H and O–H groups in total. The molecule has 0 fully saturated rings. The molecule has 2 heterocycles. The van der Waals surface area contributed by atoms with Crippen molar-refractivity contribution in [3.05, 3.63) is 84.2 Å². The van der Waals surface area contributed by atoms with Crippen LogP contribution in [-0.2, 0) is 19.6 Å². The molecule has 0 atom stereocenters. The predicted molar refractivity (Wildman–Crippen MR) is 119 cm³/mol. The molecule has 0 aliphatic heterocycles. The van der Waals surface area contributed by atoms with Crippen LogP contribution in [0.4, 0.5) is 0 Å². The Morgan fingerprint density at radius 3 is 2.70 bits per heavy atom. The Bertz CT molecular complexity index is 818. The maximum Gasteiger partial charge on any atom is 0.191 e. The fourth-order valence-electron chi connectivity index (χ4n) is 2.61. The van der Waals surface area contributed by atoms with E-state index in [-0.39, 0.29) is 24.0 Å². The third-order valence-corrected chi connectivity index (χ3v) is 3.84. The Kier molecular flexibility index (Phi) is 8.76. The quantitative estimate of drug-likeness (QED) is 0.312. The maximum atomic E-state index is 4.68. The molecule has 3 rings (SSSR count). The van der Waals surface area contributed by atoms with E-state index in [0.29, 0.717) is 13.1 Å². The molecular formula is C20H25IN6. The molecule has 6 nitrogen and oxygen atoms in total. The summed E-state index contributed by atoms with van der Waals surface area (Å²) in [4.78, 5) is 13.1. The average Bonchev–Trinajstić information content (AvgIpc) is 3.18. The molecule has 7 heteroatoms. The molecule has 3 aromatic rings. The number of hydrogen-bond donors (Lipinski definition) is 2. The van der Waals surface area contributed by atoms with Crippen LogP contribution in [0.3, 0.4) is 0 Å². The van der Waals surface area contributed by atoms with Gasteiger partial charge in [0.1, 0.15) is 0 Å². The SMILES string of the molecule is CCNC(=NCc1cccc(Cn2ccnc2)c1)NCc1ccccn1.I. The van der Waals surface area contributed by atoms with Crippen LogP contribution in [0.5, 0.6) is 0 Å². The first-order valence-electron chi connectivity index (χ1n) is 8.79. The van der Waals surface area contributed by atoms with E-state index in [1.807, 2.05) is 30.7 Å². The molecule has 0 aliphatic carbocycles. The van der Waals surface area contributed by atoms with Crippen molar-refractivity contribution in [2.45, 2.75) is 26.6 Å². The zero-order valence-corrected chi connectivity index (χ0v) is 17.7. The third-order valence-electron chi connectivity index (χ3n) is 3.84. The van der Waals surface area contributed by atoms with Gasteiger partial charge in [-0.1, -0.05) is 30.3 Å². The lowest BCUT2D eigenvalue weighted by molar-refractivity contribution is 0.791. The normalized spacial score (nSPS) is 10.9. The minimum Gasteiger partial charge on any atom is -0.357 e. The summed E-state index contributed by atoms with van der Waals surface area (Å²) in [5.41, 5.74) is 3.40. The number of nitrogens with zero attached hydrogens (tertiary/aromatic N) is 4. The molecule has 0 unspecified atom stereocenters. The summed E-state index contributed by atoms with van der Waals surface area (Å²) >= 11 is 0. The number of nitrogens with one attached hydrogen (secondary N) is 2. The molecule has 0 saturated carbocycles. The van der Waals surface area contributed by atoms with Crippen LogP contribution in [0, 0.1) is 0 Å². The van der Waals surface area contributed by atoms with Gasteiger partial charge in [-0.2, -0.15) is 0 Å². The fraction of sp³-hybridized carbons (Fsp3) is 0.250. The van der Waals surface area contributed by atoms with Crippen molar-refractivity contribution in [2.75, 3.05) is 6.54 Å². The largest absolute Gasteiger partial charge is 0.357 e. The van der Waals surface area contributed by atoms with Gasteiger partial charge in [-0.05, 0) is 30.2 Å². The van der Waals surface area contributed by atoms with Gasteiger partial charge in [-0.15, -0.1) is 24.0 Å². The van der Waals surface area contributed by atoms with Gasteiger partial charge < -0.3 is 15.2 Å². The van der Waals surface area contributed by atoms with Gasteiger partial charge in [0.05, 0.1) is 25.1 Å². The third kappa shape index (κ3) is 7.01. The zero-order valence-electron chi connectivity index (χ0n) is 15.4. The van der Waals surface area contributed by atoms with Crippen LogP contribution >= 0.6 is 24.0 Å². The second kappa shape index (κ2) is 11.3. The summed E-state index contributed by atoms with van der Waals surface area (Å²) in [5.74, 6) is 0.790. The van der Waals surface area contributed by atoms with Crippen molar-refractivity contribution in [1.29, 1.82) is 0 Å². The predicted octanol–water partition coefficient (Wildman–Crippen LogP) is 3.20. The Balaban J connectivity index is 0.00000261. The number of hydrogen-bond acceptors (Lipinski definition) is 3. The minimum absolute atomic E-state index is 0. The molecule has 142 valence electrons. The van der Waals surface area contributed by atoms with Crippen molar-refractivity contribution in [3.63, 3.8) is 0 Å². The van der Waals surface area contributed by atoms with Crippen molar-refractivity contribution >= 4 is 29.9 Å². The summed E-state index contributed by atoms with van der Waals surface area (Å²) in [5, 5.41) is 6.60. The van der Waals surface area contributed by atoms with E-state index in [1.54, 1.807) is 12.4 Å². The van der Waals surface area contributed by atoms with Gasteiger partial charge in [0, 0.05) is 31.7 Å². The zero-order chi connectivity index (χ0) is 18.0. The first-order chi connectivity index (χ1) is 12.8. The van der Waals surface area contributed by atoms with Gasteiger partial charge in [0.2, 0.25) is 0 Å². The highest BCUT2D eigenvalue weighted by Crippen LogP contribution is 2.08. The highest BCUT2D eigenvalue weighted by atomic mass is 127. The van der Waals surface area contributed by atoms with Crippen LogP contribution in [0.25, 0.3) is 0 Å². The molecular weight excluding hydrogens is 451 g/mol.